The molecule has 1 heterocycles. The maximum Gasteiger partial charge on any atom is 0.119 e. The number of aliphatic hydroxyl groups is 1. The Labute approximate surface area is 141 Å². The van der Waals surface area contributed by atoms with Crippen LogP contribution in [0.2, 0.25) is 0 Å². The van der Waals surface area contributed by atoms with Gasteiger partial charge in [-0.15, -0.1) is 0 Å². The number of methoxy groups -OCH3 is 1. The first-order valence-corrected chi connectivity index (χ1v) is 8.10. The number of imidazole rings is 1. The topological polar surface area (TPSA) is 56.5 Å². The van der Waals surface area contributed by atoms with Crippen LogP contribution in [0.5, 0.6) is 11.5 Å². The molecular weight excluding hydrogens is 304 g/mol. The molecule has 5 heteroatoms. The summed E-state index contributed by atoms with van der Waals surface area (Å²) in [4.78, 5) is 4.62. The molecule has 5 nitrogen and oxygen atoms in total. The molecule has 0 aliphatic carbocycles. The van der Waals surface area contributed by atoms with E-state index in [1.54, 1.807) is 7.11 Å². The van der Waals surface area contributed by atoms with E-state index in [0.29, 0.717) is 12.3 Å². The first-order chi connectivity index (χ1) is 11.7. The molecule has 3 aromatic rings. The first-order valence-electron chi connectivity index (χ1n) is 8.10. The van der Waals surface area contributed by atoms with Crippen molar-refractivity contribution in [2.45, 2.75) is 26.0 Å². The molecule has 2 aromatic carbocycles. The molecular formula is C19H22N2O3. The standard InChI is InChI=1S/C19H22N2O3/c1-3-19-20-17-6-4-5-7-18(17)21(19)12-14(22)13-24-16-10-8-15(23-2)9-11-16/h4-11,14,22H,3,12-13H2,1-2H3/t14-/m0/s1. The van der Waals surface area contributed by atoms with Crippen LogP contribution in [0.25, 0.3) is 11.0 Å². The Balaban J connectivity index is 1.67. The normalized spacial score (nSPS) is 12.3. The van der Waals surface area contributed by atoms with E-state index in [0.717, 1.165) is 29.0 Å². The van der Waals surface area contributed by atoms with Crippen molar-refractivity contribution in [3.63, 3.8) is 0 Å². The van der Waals surface area contributed by atoms with Gasteiger partial charge in [0.05, 0.1) is 24.7 Å². The molecule has 0 saturated heterocycles. The fourth-order valence-corrected chi connectivity index (χ4v) is 2.73. The lowest BCUT2D eigenvalue weighted by Gasteiger charge is -2.15. The van der Waals surface area contributed by atoms with Crippen molar-refractivity contribution in [3.05, 3.63) is 54.4 Å². The van der Waals surface area contributed by atoms with E-state index in [-0.39, 0.29) is 6.61 Å². The number of rotatable bonds is 7. The Morgan fingerprint density at radius 3 is 2.50 bits per heavy atom. The molecule has 0 radical (unpaired) electrons. The fraction of sp³-hybridized carbons (Fsp3) is 0.316. The molecule has 0 aliphatic rings. The summed E-state index contributed by atoms with van der Waals surface area (Å²) in [7, 11) is 1.63. The van der Waals surface area contributed by atoms with Crippen LogP contribution in [-0.2, 0) is 13.0 Å². The third-order valence-electron chi connectivity index (χ3n) is 3.94. The zero-order valence-electron chi connectivity index (χ0n) is 14.0. The quantitative estimate of drug-likeness (QED) is 0.725. The van der Waals surface area contributed by atoms with Gasteiger partial charge in [0.1, 0.15) is 30.0 Å². The van der Waals surface area contributed by atoms with Gasteiger partial charge in [-0.3, -0.25) is 0 Å². The van der Waals surface area contributed by atoms with Crippen molar-refractivity contribution >= 4 is 11.0 Å². The van der Waals surface area contributed by atoms with Crippen molar-refractivity contribution < 1.29 is 14.6 Å². The molecule has 1 aromatic heterocycles. The zero-order chi connectivity index (χ0) is 16.9. The minimum absolute atomic E-state index is 0.224. The number of aryl methyl sites for hydroxylation is 1. The van der Waals surface area contributed by atoms with Crippen molar-refractivity contribution in [1.82, 2.24) is 9.55 Å². The van der Waals surface area contributed by atoms with Crippen LogP contribution >= 0.6 is 0 Å². The highest BCUT2D eigenvalue weighted by molar-refractivity contribution is 5.75. The molecule has 0 unspecified atom stereocenters. The average Bonchev–Trinajstić information content (AvgIpc) is 2.98. The van der Waals surface area contributed by atoms with Crippen molar-refractivity contribution in [3.8, 4) is 11.5 Å². The molecule has 0 saturated carbocycles. The number of para-hydroxylation sites is 2. The Morgan fingerprint density at radius 2 is 1.79 bits per heavy atom. The van der Waals surface area contributed by atoms with Gasteiger partial charge in [0.25, 0.3) is 0 Å². The number of aromatic nitrogens is 2. The minimum Gasteiger partial charge on any atom is -0.497 e. The molecule has 0 bridgehead atoms. The first kappa shape index (κ1) is 16.3. The van der Waals surface area contributed by atoms with Crippen LogP contribution in [0.4, 0.5) is 0 Å². The molecule has 0 aliphatic heterocycles. The lowest BCUT2D eigenvalue weighted by molar-refractivity contribution is 0.0927. The molecule has 0 amide bonds. The second-order valence-electron chi connectivity index (χ2n) is 5.62. The van der Waals surface area contributed by atoms with Crippen LogP contribution < -0.4 is 9.47 Å². The highest BCUT2D eigenvalue weighted by atomic mass is 16.5. The third kappa shape index (κ3) is 3.51. The second kappa shape index (κ2) is 7.36. The van der Waals surface area contributed by atoms with Crippen molar-refractivity contribution in [2.75, 3.05) is 13.7 Å². The maximum atomic E-state index is 10.4. The number of ether oxygens (including phenoxy) is 2. The third-order valence-corrected chi connectivity index (χ3v) is 3.94. The number of nitrogens with zero attached hydrogens (tertiary/aromatic N) is 2. The summed E-state index contributed by atoms with van der Waals surface area (Å²) in [5.74, 6) is 2.46. The second-order valence-corrected chi connectivity index (χ2v) is 5.62. The Bertz CT molecular complexity index is 796. The van der Waals surface area contributed by atoms with Crippen LogP contribution in [0.1, 0.15) is 12.7 Å². The van der Waals surface area contributed by atoms with Crippen LogP contribution in [-0.4, -0.2) is 34.5 Å². The summed E-state index contributed by atoms with van der Waals surface area (Å²) in [6.07, 6.45) is 0.204. The van der Waals surface area contributed by atoms with E-state index < -0.39 is 6.10 Å². The van der Waals surface area contributed by atoms with Gasteiger partial charge < -0.3 is 19.1 Å². The van der Waals surface area contributed by atoms with E-state index >= 15 is 0 Å². The Hall–Kier alpha value is -2.53. The number of benzene rings is 2. The SMILES string of the molecule is CCc1nc2ccccc2n1C[C@H](O)COc1ccc(OC)cc1. The number of fused-ring (bicyclic) bond motifs is 1. The van der Waals surface area contributed by atoms with E-state index in [9.17, 15) is 5.11 Å². The molecule has 3 rings (SSSR count). The van der Waals surface area contributed by atoms with Gasteiger partial charge in [-0.05, 0) is 36.4 Å². The monoisotopic (exact) mass is 326 g/mol. The zero-order valence-corrected chi connectivity index (χ0v) is 14.0. The number of aliphatic hydroxyl groups excluding tert-OH is 1. The van der Waals surface area contributed by atoms with Crippen molar-refractivity contribution in [1.29, 1.82) is 0 Å². The summed E-state index contributed by atoms with van der Waals surface area (Å²) in [5, 5.41) is 10.4. The molecule has 0 spiro atoms. The summed E-state index contributed by atoms with van der Waals surface area (Å²) in [5.41, 5.74) is 2.00. The Kier molecular flexibility index (Phi) is 5.01. The lowest BCUT2D eigenvalue weighted by Crippen LogP contribution is -2.24. The number of hydrogen-bond donors (Lipinski definition) is 1. The molecule has 24 heavy (non-hydrogen) atoms. The predicted molar refractivity (Wildman–Crippen MR) is 93.6 cm³/mol. The molecule has 1 atom stereocenters. The van der Waals surface area contributed by atoms with Gasteiger partial charge in [0.15, 0.2) is 0 Å². The maximum absolute atomic E-state index is 10.4. The van der Waals surface area contributed by atoms with Crippen molar-refractivity contribution in [2.24, 2.45) is 0 Å². The van der Waals surface area contributed by atoms with Gasteiger partial charge in [0, 0.05) is 6.42 Å². The summed E-state index contributed by atoms with van der Waals surface area (Å²) >= 11 is 0. The van der Waals surface area contributed by atoms with Gasteiger partial charge in [-0.2, -0.15) is 0 Å². The summed E-state index contributed by atoms with van der Waals surface area (Å²) in [6, 6.07) is 15.3. The van der Waals surface area contributed by atoms with E-state index in [1.165, 1.54) is 0 Å². The van der Waals surface area contributed by atoms with E-state index in [2.05, 4.69) is 16.5 Å². The van der Waals surface area contributed by atoms with Gasteiger partial charge in [-0.25, -0.2) is 4.98 Å². The van der Waals surface area contributed by atoms with Crippen LogP contribution in [0, 0.1) is 0 Å². The largest absolute Gasteiger partial charge is 0.497 e. The lowest BCUT2D eigenvalue weighted by atomic mass is 10.3. The van der Waals surface area contributed by atoms with Gasteiger partial charge >= 0.3 is 0 Å². The predicted octanol–water partition coefficient (Wildman–Crippen LogP) is 3.05. The average molecular weight is 326 g/mol. The Morgan fingerprint density at radius 1 is 1.08 bits per heavy atom. The minimum atomic E-state index is -0.616. The summed E-state index contributed by atoms with van der Waals surface area (Å²) < 4.78 is 12.8. The molecule has 0 fully saturated rings. The fourth-order valence-electron chi connectivity index (χ4n) is 2.73. The highest BCUT2D eigenvalue weighted by Gasteiger charge is 2.13. The van der Waals surface area contributed by atoms with Crippen LogP contribution in [0.15, 0.2) is 48.5 Å². The number of hydrogen-bond acceptors (Lipinski definition) is 4. The highest BCUT2D eigenvalue weighted by Crippen LogP contribution is 2.19. The molecule has 1 N–H and O–H groups in total. The van der Waals surface area contributed by atoms with E-state index in [1.807, 2.05) is 48.5 Å². The smallest absolute Gasteiger partial charge is 0.119 e. The van der Waals surface area contributed by atoms with Gasteiger partial charge in [0.2, 0.25) is 0 Å². The molecule has 126 valence electrons. The van der Waals surface area contributed by atoms with Crippen LogP contribution in [0.3, 0.4) is 0 Å². The van der Waals surface area contributed by atoms with E-state index in [4.69, 9.17) is 9.47 Å². The van der Waals surface area contributed by atoms with Gasteiger partial charge in [-0.1, -0.05) is 19.1 Å². The summed E-state index contributed by atoms with van der Waals surface area (Å²) in [6.45, 7) is 2.75.